The molecule has 2 amide bonds. The van der Waals surface area contributed by atoms with Crippen molar-refractivity contribution in [3.8, 4) is 0 Å². The molecule has 7 heteroatoms. The molecule has 1 aliphatic heterocycles. The van der Waals surface area contributed by atoms with Gasteiger partial charge in [0.1, 0.15) is 0 Å². The molecule has 4 atom stereocenters. The molecule has 0 bridgehead atoms. The molecule has 5 rings (SSSR count). The molecule has 0 spiro atoms. The fourth-order valence-electron chi connectivity index (χ4n) is 5.27. The zero-order chi connectivity index (χ0) is 25.7. The number of rotatable bonds is 4. The number of fused-ring (bicyclic) bond motifs is 1. The first-order valence-electron chi connectivity index (χ1n) is 12.2. The van der Waals surface area contributed by atoms with Crippen LogP contribution in [-0.2, 0) is 11.4 Å². The van der Waals surface area contributed by atoms with Gasteiger partial charge in [-0.25, -0.2) is 0 Å². The summed E-state index contributed by atoms with van der Waals surface area (Å²) in [7, 11) is 0. The highest BCUT2D eigenvalue weighted by Gasteiger charge is 2.48. The molecule has 4 unspecified atom stereocenters. The SMILES string of the molecule is NC(=O)C1c2ccccc2C(=O)N(C2CCCCC2O)C1c1ccccc1Cl.OCc1ccccc1. The maximum atomic E-state index is 13.5. The Kier molecular flexibility index (Phi) is 8.41. The van der Waals surface area contributed by atoms with Crippen molar-refractivity contribution in [1.82, 2.24) is 4.90 Å². The Balaban J connectivity index is 0.000000325. The lowest BCUT2D eigenvalue weighted by Crippen LogP contribution is -2.55. The second-order valence-corrected chi connectivity index (χ2v) is 9.62. The average molecular weight is 507 g/mol. The number of carbonyl (C=O) groups is 2. The van der Waals surface area contributed by atoms with Crippen LogP contribution in [0.15, 0.2) is 78.9 Å². The molecule has 36 heavy (non-hydrogen) atoms. The third kappa shape index (κ3) is 5.31. The van der Waals surface area contributed by atoms with Crippen LogP contribution >= 0.6 is 11.6 Å². The van der Waals surface area contributed by atoms with Gasteiger partial charge in [-0.05, 0) is 41.7 Å². The van der Waals surface area contributed by atoms with Gasteiger partial charge in [0.15, 0.2) is 0 Å². The maximum Gasteiger partial charge on any atom is 0.255 e. The maximum absolute atomic E-state index is 13.5. The van der Waals surface area contributed by atoms with Gasteiger partial charge in [-0.15, -0.1) is 0 Å². The fourth-order valence-corrected chi connectivity index (χ4v) is 5.52. The molecule has 6 nitrogen and oxygen atoms in total. The molecule has 3 aromatic rings. The van der Waals surface area contributed by atoms with E-state index in [1.807, 2.05) is 48.5 Å². The summed E-state index contributed by atoms with van der Waals surface area (Å²) in [6, 6.07) is 22.8. The highest BCUT2D eigenvalue weighted by Crippen LogP contribution is 2.47. The molecular formula is C29H31ClN2O4. The standard InChI is InChI=1S/C22H23ClN2O3.C7H8O/c23-16-10-4-3-9-15(16)20-19(21(24)27)13-7-1-2-8-14(13)22(28)25(20)17-11-5-6-12-18(17)26;8-6-7-4-2-1-3-5-7/h1-4,7-10,17-20,26H,5-6,11-12H2,(H2,24,27);1-5,8H,6H2. The van der Waals surface area contributed by atoms with E-state index < -0.39 is 24.0 Å². The minimum Gasteiger partial charge on any atom is -0.392 e. The number of amides is 2. The summed E-state index contributed by atoms with van der Waals surface area (Å²) in [5, 5.41) is 19.7. The van der Waals surface area contributed by atoms with E-state index in [9.17, 15) is 14.7 Å². The number of aliphatic hydroxyl groups excluding tert-OH is 2. The first kappa shape index (κ1) is 25.9. The van der Waals surface area contributed by atoms with Gasteiger partial charge in [-0.1, -0.05) is 91.2 Å². The molecule has 0 radical (unpaired) electrons. The third-order valence-electron chi connectivity index (χ3n) is 6.98. The van der Waals surface area contributed by atoms with Crippen molar-refractivity contribution in [2.45, 2.75) is 56.4 Å². The van der Waals surface area contributed by atoms with E-state index >= 15 is 0 Å². The lowest BCUT2D eigenvalue weighted by molar-refractivity contribution is -0.121. The zero-order valence-electron chi connectivity index (χ0n) is 20.0. The minimum atomic E-state index is -0.733. The van der Waals surface area contributed by atoms with Gasteiger partial charge in [-0.2, -0.15) is 0 Å². The Morgan fingerprint density at radius 1 is 0.917 bits per heavy atom. The highest BCUT2D eigenvalue weighted by molar-refractivity contribution is 6.31. The van der Waals surface area contributed by atoms with Gasteiger partial charge in [0.05, 0.1) is 30.7 Å². The lowest BCUT2D eigenvalue weighted by atomic mass is 9.77. The summed E-state index contributed by atoms with van der Waals surface area (Å²) >= 11 is 6.49. The summed E-state index contributed by atoms with van der Waals surface area (Å²) in [5.41, 5.74) is 8.57. The summed E-state index contributed by atoms with van der Waals surface area (Å²) in [4.78, 5) is 27.8. The number of hydrogen-bond acceptors (Lipinski definition) is 4. The van der Waals surface area contributed by atoms with Gasteiger partial charge < -0.3 is 20.8 Å². The largest absolute Gasteiger partial charge is 0.392 e. The number of nitrogens with two attached hydrogens (primary N) is 1. The number of primary amides is 1. The first-order valence-corrected chi connectivity index (χ1v) is 12.6. The van der Waals surface area contributed by atoms with E-state index in [4.69, 9.17) is 22.4 Å². The Bertz CT molecular complexity index is 1200. The third-order valence-corrected chi connectivity index (χ3v) is 7.33. The molecule has 3 aromatic carbocycles. The van der Waals surface area contributed by atoms with E-state index in [1.54, 1.807) is 35.2 Å². The van der Waals surface area contributed by atoms with Crippen molar-refractivity contribution in [2.24, 2.45) is 5.73 Å². The predicted octanol–water partition coefficient (Wildman–Crippen LogP) is 4.59. The van der Waals surface area contributed by atoms with Crippen LogP contribution in [0.1, 0.15) is 64.7 Å². The zero-order valence-corrected chi connectivity index (χ0v) is 20.7. The molecule has 4 N–H and O–H groups in total. The molecule has 2 aliphatic rings. The second kappa shape index (κ2) is 11.7. The Labute approximate surface area is 216 Å². The Morgan fingerprint density at radius 2 is 1.53 bits per heavy atom. The number of nitrogens with zero attached hydrogens (tertiary/aromatic N) is 1. The summed E-state index contributed by atoms with van der Waals surface area (Å²) in [6.07, 6.45) is 2.52. The van der Waals surface area contributed by atoms with Gasteiger partial charge in [-0.3, -0.25) is 9.59 Å². The van der Waals surface area contributed by atoms with Crippen molar-refractivity contribution < 1.29 is 19.8 Å². The molecular weight excluding hydrogens is 476 g/mol. The van der Waals surface area contributed by atoms with Gasteiger partial charge >= 0.3 is 0 Å². The number of halogens is 1. The van der Waals surface area contributed by atoms with Crippen LogP contribution < -0.4 is 5.73 Å². The van der Waals surface area contributed by atoms with Crippen molar-refractivity contribution in [3.63, 3.8) is 0 Å². The number of carbonyl (C=O) groups excluding carboxylic acids is 2. The molecule has 188 valence electrons. The van der Waals surface area contributed by atoms with Crippen LogP contribution in [0.4, 0.5) is 0 Å². The number of hydrogen-bond donors (Lipinski definition) is 3. The molecule has 0 saturated heterocycles. The van der Waals surface area contributed by atoms with E-state index in [2.05, 4.69) is 0 Å². The van der Waals surface area contributed by atoms with Crippen molar-refractivity contribution >= 4 is 23.4 Å². The van der Waals surface area contributed by atoms with E-state index in [0.29, 0.717) is 34.6 Å². The highest BCUT2D eigenvalue weighted by atomic mass is 35.5. The molecule has 0 aromatic heterocycles. The van der Waals surface area contributed by atoms with Crippen LogP contribution in [-0.4, -0.2) is 39.1 Å². The van der Waals surface area contributed by atoms with Crippen LogP contribution in [0.25, 0.3) is 0 Å². The fraction of sp³-hybridized carbons (Fsp3) is 0.310. The van der Waals surface area contributed by atoms with Gasteiger partial charge in [0, 0.05) is 10.6 Å². The summed E-state index contributed by atoms with van der Waals surface area (Å²) in [6.45, 7) is 0.140. The number of aliphatic hydroxyl groups is 2. The monoisotopic (exact) mass is 506 g/mol. The Hall–Kier alpha value is -3.19. The molecule has 1 saturated carbocycles. The molecule has 1 aliphatic carbocycles. The predicted molar refractivity (Wildman–Crippen MR) is 139 cm³/mol. The second-order valence-electron chi connectivity index (χ2n) is 9.21. The van der Waals surface area contributed by atoms with Crippen molar-refractivity contribution in [2.75, 3.05) is 0 Å². The van der Waals surface area contributed by atoms with E-state index in [-0.39, 0.29) is 18.6 Å². The summed E-state index contributed by atoms with van der Waals surface area (Å²) < 4.78 is 0. The van der Waals surface area contributed by atoms with Crippen molar-refractivity contribution in [3.05, 3.63) is 106 Å². The van der Waals surface area contributed by atoms with E-state index in [1.165, 1.54) is 0 Å². The van der Waals surface area contributed by atoms with Crippen LogP contribution in [0.5, 0.6) is 0 Å². The minimum absolute atomic E-state index is 0.140. The van der Waals surface area contributed by atoms with Crippen LogP contribution in [0.2, 0.25) is 5.02 Å². The van der Waals surface area contributed by atoms with Crippen molar-refractivity contribution in [1.29, 1.82) is 0 Å². The topological polar surface area (TPSA) is 104 Å². The normalized spacial score (nSPS) is 23.3. The van der Waals surface area contributed by atoms with Crippen LogP contribution in [0.3, 0.4) is 0 Å². The average Bonchev–Trinajstić information content (AvgIpc) is 2.90. The lowest BCUT2D eigenvalue weighted by Gasteiger charge is -2.48. The van der Waals surface area contributed by atoms with Gasteiger partial charge in [0.25, 0.3) is 5.91 Å². The van der Waals surface area contributed by atoms with Crippen LogP contribution in [0, 0.1) is 0 Å². The number of benzene rings is 3. The first-order chi connectivity index (χ1) is 17.4. The van der Waals surface area contributed by atoms with Gasteiger partial charge in [0.2, 0.25) is 5.91 Å². The molecule has 1 fully saturated rings. The summed E-state index contributed by atoms with van der Waals surface area (Å²) in [5.74, 6) is -1.44. The smallest absolute Gasteiger partial charge is 0.255 e. The quantitative estimate of drug-likeness (QED) is 0.481. The Morgan fingerprint density at radius 3 is 2.14 bits per heavy atom. The molecule has 1 heterocycles. The van der Waals surface area contributed by atoms with E-state index in [0.717, 1.165) is 18.4 Å².